The van der Waals surface area contributed by atoms with Crippen LogP contribution in [0.25, 0.3) is 0 Å². The van der Waals surface area contributed by atoms with E-state index in [2.05, 4.69) is 80.4 Å². The average Bonchev–Trinajstić information content (AvgIpc) is 2.52. The second kappa shape index (κ2) is 7.27. The van der Waals surface area contributed by atoms with Crippen molar-refractivity contribution in [2.24, 2.45) is 0 Å². The zero-order valence-corrected chi connectivity index (χ0v) is 16.3. The average molecular weight is 455 g/mol. The van der Waals surface area contributed by atoms with Gasteiger partial charge in [-0.1, -0.05) is 98.1 Å². The van der Waals surface area contributed by atoms with Crippen molar-refractivity contribution in [2.75, 3.05) is 0 Å². The molecule has 0 aliphatic heterocycles. The Morgan fingerprint density at radius 1 is 0.682 bits per heavy atom. The van der Waals surface area contributed by atoms with Crippen molar-refractivity contribution in [1.82, 2.24) is 0 Å². The van der Waals surface area contributed by atoms with Crippen molar-refractivity contribution in [3.63, 3.8) is 0 Å². The van der Waals surface area contributed by atoms with Gasteiger partial charge in [-0.05, 0) is 42.0 Å². The number of hydrogen-bond donors (Lipinski definition) is 0. The van der Waals surface area contributed by atoms with Crippen LogP contribution < -0.4 is 15.9 Å². The van der Waals surface area contributed by atoms with E-state index in [-0.39, 0.29) is 0 Å². The number of halogens is 3. The summed E-state index contributed by atoms with van der Waals surface area (Å²) in [6.07, 6.45) is 0. The molecule has 22 heavy (non-hydrogen) atoms. The molecule has 0 bridgehead atoms. The molecule has 0 nitrogen and oxygen atoms in total. The number of hydrogen-bond acceptors (Lipinski definition) is 0. The molecule has 4 heteroatoms. The van der Waals surface area contributed by atoms with E-state index in [9.17, 15) is 0 Å². The highest BCUT2D eigenvalue weighted by atomic mass is 79.9. The van der Waals surface area contributed by atoms with Crippen LogP contribution in [0.5, 0.6) is 0 Å². The van der Waals surface area contributed by atoms with Gasteiger partial charge in [-0.3, -0.25) is 0 Å². The highest BCUT2D eigenvalue weighted by Gasteiger charge is 2.20. The Hall–Kier alpha value is -0.660. The van der Waals surface area contributed by atoms with Crippen LogP contribution in [0.4, 0.5) is 0 Å². The van der Waals surface area contributed by atoms with Gasteiger partial charge in [0.05, 0.1) is 0 Å². The van der Waals surface area contributed by atoms with Gasteiger partial charge in [0.25, 0.3) is 0 Å². The molecule has 3 rings (SSSR count). The fourth-order valence-corrected chi connectivity index (χ4v) is 6.62. The maximum absolute atomic E-state index is 6.11. The van der Waals surface area contributed by atoms with Gasteiger partial charge in [-0.25, -0.2) is 0 Å². The van der Waals surface area contributed by atoms with Crippen LogP contribution in [0.3, 0.4) is 0 Å². The summed E-state index contributed by atoms with van der Waals surface area (Å²) in [6, 6.07) is 25.0. The summed E-state index contributed by atoms with van der Waals surface area (Å²) in [5.41, 5.74) is 0. The van der Waals surface area contributed by atoms with Gasteiger partial charge in [0, 0.05) is 14.0 Å². The summed E-state index contributed by atoms with van der Waals surface area (Å²) in [4.78, 5) is 0. The molecule has 0 spiro atoms. The topological polar surface area (TPSA) is 0 Å². The molecule has 1 unspecified atom stereocenters. The first kappa shape index (κ1) is 16.2. The first-order chi connectivity index (χ1) is 10.7. The standard InChI is InChI=1S/C18H12Br2ClP/c19-15-8-4-5-9-17(15)22(14-6-2-1-3-7-14)18-11-10-13(21)12-16(18)20/h1-12H. The van der Waals surface area contributed by atoms with Crippen molar-refractivity contribution >= 4 is 67.3 Å². The third-order valence-corrected chi connectivity index (χ3v) is 8.01. The molecule has 0 fully saturated rings. The number of rotatable bonds is 3. The Morgan fingerprint density at radius 3 is 2.00 bits per heavy atom. The van der Waals surface area contributed by atoms with Crippen molar-refractivity contribution < 1.29 is 0 Å². The Balaban J connectivity index is 2.22. The molecule has 0 heterocycles. The Labute approximate surface area is 153 Å². The maximum atomic E-state index is 6.11. The van der Waals surface area contributed by atoms with E-state index in [0.29, 0.717) is 0 Å². The lowest BCUT2D eigenvalue weighted by molar-refractivity contribution is 1.69. The predicted octanol–water partition coefficient (Wildman–Crippen LogP) is 5.62. The summed E-state index contributed by atoms with van der Waals surface area (Å²) in [5.74, 6) is 0. The normalized spacial score (nSPS) is 12.1. The van der Waals surface area contributed by atoms with Crippen LogP contribution in [0.2, 0.25) is 5.02 Å². The van der Waals surface area contributed by atoms with Crippen LogP contribution in [-0.4, -0.2) is 0 Å². The highest BCUT2D eigenvalue weighted by molar-refractivity contribution is 9.11. The molecule has 0 saturated heterocycles. The Morgan fingerprint density at radius 2 is 1.32 bits per heavy atom. The third kappa shape index (κ3) is 3.46. The monoisotopic (exact) mass is 452 g/mol. The second-order valence-electron chi connectivity index (χ2n) is 4.72. The minimum atomic E-state index is -0.652. The summed E-state index contributed by atoms with van der Waals surface area (Å²) < 4.78 is 2.18. The first-order valence-electron chi connectivity index (χ1n) is 6.71. The lowest BCUT2D eigenvalue weighted by atomic mass is 10.3. The van der Waals surface area contributed by atoms with Crippen molar-refractivity contribution in [2.45, 2.75) is 0 Å². The predicted molar refractivity (Wildman–Crippen MR) is 106 cm³/mol. The van der Waals surface area contributed by atoms with Gasteiger partial charge in [0.1, 0.15) is 0 Å². The van der Waals surface area contributed by atoms with E-state index in [1.165, 1.54) is 15.9 Å². The Bertz CT molecular complexity index is 790. The summed E-state index contributed by atoms with van der Waals surface area (Å²) >= 11 is 13.5. The molecule has 3 aromatic rings. The smallest absolute Gasteiger partial charge is 0.0417 e. The van der Waals surface area contributed by atoms with Crippen LogP contribution in [-0.2, 0) is 0 Å². The largest absolute Gasteiger partial charge is 0.0843 e. The highest BCUT2D eigenvalue weighted by Crippen LogP contribution is 2.38. The molecule has 0 N–H and O–H groups in total. The fourth-order valence-electron chi connectivity index (χ4n) is 2.28. The molecular weight excluding hydrogens is 442 g/mol. The molecule has 0 aromatic heterocycles. The molecule has 0 aliphatic carbocycles. The molecule has 0 amide bonds. The van der Waals surface area contributed by atoms with Crippen molar-refractivity contribution in [1.29, 1.82) is 0 Å². The summed E-state index contributed by atoms with van der Waals surface area (Å²) in [5, 5.41) is 4.61. The quantitative estimate of drug-likeness (QED) is 0.451. The third-order valence-electron chi connectivity index (χ3n) is 3.26. The molecule has 0 aliphatic rings. The van der Waals surface area contributed by atoms with Crippen molar-refractivity contribution in [3.05, 3.63) is 86.8 Å². The van der Waals surface area contributed by atoms with Crippen LogP contribution in [0.1, 0.15) is 0 Å². The molecule has 110 valence electrons. The van der Waals surface area contributed by atoms with Gasteiger partial charge < -0.3 is 0 Å². The van der Waals surface area contributed by atoms with E-state index in [0.717, 1.165) is 14.0 Å². The van der Waals surface area contributed by atoms with Crippen LogP contribution >= 0.6 is 51.4 Å². The molecule has 3 aromatic carbocycles. The molecular formula is C18H12Br2ClP. The second-order valence-corrected chi connectivity index (χ2v) is 9.01. The Kier molecular flexibility index (Phi) is 5.36. The lowest BCUT2D eigenvalue weighted by Gasteiger charge is -2.21. The molecule has 0 radical (unpaired) electrons. The lowest BCUT2D eigenvalue weighted by Crippen LogP contribution is -2.22. The van der Waals surface area contributed by atoms with Crippen molar-refractivity contribution in [3.8, 4) is 0 Å². The van der Waals surface area contributed by atoms with E-state index in [1.807, 2.05) is 24.3 Å². The minimum Gasteiger partial charge on any atom is -0.0843 e. The maximum Gasteiger partial charge on any atom is 0.0417 e. The van der Waals surface area contributed by atoms with Gasteiger partial charge in [0.15, 0.2) is 0 Å². The van der Waals surface area contributed by atoms with Crippen LogP contribution in [0.15, 0.2) is 81.7 Å². The van der Waals surface area contributed by atoms with Gasteiger partial charge in [0.2, 0.25) is 0 Å². The SMILES string of the molecule is Clc1ccc(P(c2ccccc2)c2ccccc2Br)c(Br)c1. The zero-order chi connectivity index (χ0) is 15.5. The van der Waals surface area contributed by atoms with Gasteiger partial charge >= 0.3 is 0 Å². The van der Waals surface area contributed by atoms with Gasteiger partial charge in [-0.15, -0.1) is 0 Å². The van der Waals surface area contributed by atoms with E-state index in [1.54, 1.807) is 0 Å². The zero-order valence-electron chi connectivity index (χ0n) is 11.5. The van der Waals surface area contributed by atoms with E-state index in [4.69, 9.17) is 11.6 Å². The summed E-state index contributed by atoms with van der Waals surface area (Å²) in [7, 11) is -0.652. The fraction of sp³-hybridized carbons (Fsp3) is 0. The molecule has 0 saturated carbocycles. The van der Waals surface area contributed by atoms with Gasteiger partial charge in [-0.2, -0.15) is 0 Å². The van der Waals surface area contributed by atoms with Crippen LogP contribution in [0, 0.1) is 0 Å². The minimum absolute atomic E-state index is 0.652. The van der Waals surface area contributed by atoms with E-state index >= 15 is 0 Å². The number of benzene rings is 3. The molecule has 1 atom stereocenters. The van der Waals surface area contributed by atoms with E-state index < -0.39 is 7.92 Å². The first-order valence-corrected chi connectivity index (χ1v) is 10.0. The summed E-state index contributed by atoms with van der Waals surface area (Å²) in [6.45, 7) is 0.